The zero-order valence-electron chi connectivity index (χ0n) is 16.9. The van der Waals surface area contributed by atoms with Gasteiger partial charge in [-0.1, -0.05) is 0 Å². The number of aryl methyl sites for hydroxylation is 1. The average molecular weight is 384 g/mol. The first-order valence-corrected chi connectivity index (χ1v) is 10.0. The van der Waals surface area contributed by atoms with Crippen LogP contribution in [0.25, 0.3) is 0 Å². The average Bonchev–Trinajstić information content (AvgIpc) is 3.18. The van der Waals surface area contributed by atoms with Crippen LogP contribution in [0.3, 0.4) is 0 Å². The fourth-order valence-electron chi connectivity index (χ4n) is 4.56. The van der Waals surface area contributed by atoms with Crippen LogP contribution in [0.2, 0.25) is 0 Å². The van der Waals surface area contributed by atoms with Crippen LogP contribution in [0.1, 0.15) is 57.3 Å². The van der Waals surface area contributed by atoms with Crippen molar-refractivity contribution in [2.24, 2.45) is 5.41 Å². The van der Waals surface area contributed by atoms with E-state index in [-0.39, 0.29) is 29.4 Å². The van der Waals surface area contributed by atoms with Gasteiger partial charge in [-0.15, -0.1) is 0 Å². The van der Waals surface area contributed by atoms with Crippen LogP contribution in [-0.2, 0) is 20.9 Å². The molecule has 1 aliphatic carbocycles. The molecule has 1 aromatic heterocycles. The zero-order chi connectivity index (χ0) is 19.9. The summed E-state index contributed by atoms with van der Waals surface area (Å²) in [5, 5.41) is 3.63. The number of aromatic nitrogens is 2. The number of nitrogens with one attached hydrogen (secondary N) is 1. The number of cyclic esters (lactones) is 1. The molecule has 7 heteroatoms. The number of esters is 1. The summed E-state index contributed by atoms with van der Waals surface area (Å²) in [5.74, 6) is -0.130. The molecule has 1 saturated carbocycles. The summed E-state index contributed by atoms with van der Waals surface area (Å²) in [4.78, 5) is 35.4. The molecule has 2 fully saturated rings. The van der Waals surface area contributed by atoms with Crippen molar-refractivity contribution in [1.82, 2.24) is 20.2 Å². The third-order valence-corrected chi connectivity index (χ3v) is 6.76. The number of hydrogen-bond acceptors (Lipinski definition) is 6. The molecule has 1 spiro atoms. The van der Waals surface area contributed by atoms with E-state index in [0.717, 1.165) is 49.2 Å². The van der Waals surface area contributed by atoms with Gasteiger partial charge >= 0.3 is 5.97 Å². The molecule has 1 N–H and O–H groups in total. The predicted molar refractivity (Wildman–Crippen MR) is 103 cm³/mol. The Morgan fingerprint density at radius 3 is 2.46 bits per heavy atom. The summed E-state index contributed by atoms with van der Waals surface area (Å²) in [6, 6.07) is 0. The molecule has 3 aliphatic rings. The smallest absolute Gasteiger partial charge is 0.336 e. The molecule has 1 aromatic rings. The molecule has 7 nitrogen and oxygen atoms in total. The molecule has 3 heterocycles. The number of carbonyl (C=O) groups excluding carboxylic acids is 2. The SMILES string of the molecule is CC1=C(N2CCC3(CCC(C)(NCc4cnc(C)cn4)CC3)C2=O)COC1=O. The van der Waals surface area contributed by atoms with Gasteiger partial charge in [-0.3, -0.25) is 14.8 Å². The predicted octanol–water partition coefficient (Wildman–Crippen LogP) is 2.26. The molecule has 0 radical (unpaired) electrons. The lowest BCUT2D eigenvalue weighted by molar-refractivity contribution is -0.138. The first kappa shape index (κ1) is 19.1. The maximum absolute atomic E-state index is 13.2. The van der Waals surface area contributed by atoms with E-state index in [4.69, 9.17) is 4.74 Å². The second-order valence-corrected chi connectivity index (χ2v) is 8.70. The molecule has 0 atom stereocenters. The molecule has 2 aliphatic heterocycles. The van der Waals surface area contributed by atoms with E-state index in [1.165, 1.54) is 0 Å². The Hall–Kier alpha value is -2.28. The van der Waals surface area contributed by atoms with Gasteiger partial charge in [-0.25, -0.2) is 4.79 Å². The fraction of sp³-hybridized carbons (Fsp3) is 0.619. The van der Waals surface area contributed by atoms with Gasteiger partial charge in [0.15, 0.2) is 0 Å². The Balaban J connectivity index is 1.38. The minimum absolute atomic E-state index is 0.00681. The highest BCUT2D eigenvalue weighted by Gasteiger charge is 2.51. The van der Waals surface area contributed by atoms with Gasteiger partial charge in [0.2, 0.25) is 5.91 Å². The third-order valence-electron chi connectivity index (χ3n) is 6.76. The lowest BCUT2D eigenvalue weighted by Crippen LogP contribution is -2.49. The van der Waals surface area contributed by atoms with Gasteiger partial charge in [0, 0.05) is 31.0 Å². The van der Waals surface area contributed by atoms with Crippen LogP contribution < -0.4 is 5.32 Å². The van der Waals surface area contributed by atoms with E-state index in [9.17, 15) is 9.59 Å². The lowest BCUT2D eigenvalue weighted by atomic mass is 9.67. The highest BCUT2D eigenvalue weighted by molar-refractivity contribution is 5.94. The monoisotopic (exact) mass is 384 g/mol. The van der Waals surface area contributed by atoms with Gasteiger partial charge < -0.3 is 15.0 Å². The van der Waals surface area contributed by atoms with Gasteiger partial charge in [0.25, 0.3) is 0 Å². The zero-order valence-corrected chi connectivity index (χ0v) is 16.9. The van der Waals surface area contributed by atoms with Crippen LogP contribution in [0, 0.1) is 12.3 Å². The molecule has 28 heavy (non-hydrogen) atoms. The Bertz CT molecular complexity index is 823. The van der Waals surface area contributed by atoms with Crippen molar-refractivity contribution in [2.45, 2.75) is 65.0 Å². The highest BCUT2D eigenvalue weighted by Crippen LogP contribution is 2.48. The van der Waals surface area contributed by atoms with E-state index in [0.29, 0.717) is 18.7 Å². The van der Waals surface area contributed by atoms with Crippen molar-refractivity contribution < 1.29 is 14.3 Å². The van der Waals surface area contributed by atoms with Crippen LogP contribution in [0.4, 0.5) is 0 Å². The quantitative estimate of drug-likeness (QED) is 0.802. The second kappa shape index (κ2) is 6.95. The van der Waals surface area contributed by atoms with Crippen molar-refractivity contribution in [3.8, 4) is 0 Å². The molecular weight excluding hydrogens is 356 g/mol. The van der Waals surface area contributed by atoms with E-state index in [1.54, 1.807) is 18.0 Å². The largest absolute Gasteiger partial charge is 0.456 e. The number of hydrogen-bond donors (Lipinski definition) is 1. The topological polar surface area (TPSA) is 84.4 Å². The Morgan fingerprint density at radius 2 is 1.86 bits per heavy atom. The number of ether oxygens (including phenoxy) is 1. The molecule has 0 unspecified atom stereocenters. The Labute approximate surface area is 165 Å². The molecular formula is C21H28N4O3. The molecule has 0 bridgehead atoms. The summed E-state index contributed by atoms with van der Waals surface area (Å²) in [7, 11) is 0. The number of nitrogens with zero attached hydrogens (tertiary/aromatic N) is 3. The lowest BCUT2D eigenvalue weighted by Gasteiger charge is -2.42. The minimum Gasteiger partial charge on any atom is -0.456 e. The summed E-state index contributed by atoms with van der Waals surface area (Å²) in [6.45, 7) is 7.50. The van der Waals surface area contributed by atoms with Crippen molar-refractivity contribution in [3.05, 3.63) is 35.1 Å². The van der Waals surface area contributed by atoms with Gasteiger partial charge in [0.05, 0.1) is 28.1 Å². The molecule has 150 valence electrons. The van der Waals surface area contributed by atoms with Crippen LogP contribution in [0.15, 0.2) is 23.7 Å². The van der Waals surface area contributed by atoms with E-state index < -0.39 is 0 Å². The Kier molecular flexibility index (Phi) is 4.73. The first-order chi connectivity index (χ1) is 13.3. The standard InChI is InChI=1S/C21H28N4O3/c1-14-10-23-16(11-22-14)12-24-20(3)4-6-21(7-5-20)8-9-25(19(21)27)17-13-28-18(26)15(17)2/h10-11,24H,4-9,12-13H2,1-3H3. The van der Waals surface area contributed by atoms with Crippen LogP contribution in [-0.4, -0.2) is 45.4 Å². The summed E-state index contributed by atoms with van der Waals surface area (Å²) >= 11 is 0. The van der Waals surface area contributed by atoms with Gasteiger partial charge in [-0.05, 0) is 52.9 Å². The number of rotatable bonds is 4. The fourth-order valence-corrected chi connectivity index (χ4v) is 4.56. The van der Waals surface area contributed by atoms with Crippen molar-refractivity contribution in [2.75, 3.05) is 13.2 Å². The van der Waals surface area contributed by atoms with Crippen molar-refractivity contribution in [3.63, 3.8) is 0 Å². The molecule has 0 aromatic carbocycles. The first-order valence-electron chi connectivity index (χ1n) is 10.0. The number of amides is 1. The van der Waals surface area contributed by atoms with Gasteiger partial charge in [-0.2, -0.15) is 0 Å². The molecule has 1 amide bonds. The second-order valence-electron chi connectivity index (χ2n) is 8.70. The Morgan fingerprint density at radius 1 is 1.11 bits per heavy atom. The number of likely N-dealkylation sites (tertiary alicyclic amines) is 1. The van der Waals surface area contributed by atoms with Crippen molar-refractivity contribution in [1.29, 1.82) is 0 Å². The van der Waals surface area contributed by atoms with E-state index >= 15 is 0 Å². The van der Waals surface area contributed by atoms with E-state index in [1.807, 2.05) is 13.1 Å². The maximum atomic E-state index is 13.2. The van der Waals surface area contributed by atoms with E-state index in [2.05, 4.69) is 22.2 Å². The summed E-state index contributed by atoms with van der Waals surface area (Å²) in [6.07, 6.45) is 8.08. The van der Waals surface area contributed by atoms with Crippen molar-refractivity contribution >= 4 is 11.9 Å². The van der Waals surface area contributed by atoms with Crippen LogP contribution in [0.5, 0.6) is 0 Å². The third kappa shape index (κ3) is 3.32. The number of carbonyl (C=O) groups is 2. The highest BCUT2D eigenvalue weighted by atomic mass is 16.5. The molecule has 4 rings (SSSR count). The maximum Gasteiger partial charge on any atom is 0.336 e. The normalized spacial score (nSPS) is 30.5. The molecule has 1 saturated heterocycles. The summed E-state index contributed by atoms with van der Waals surface area (Å²) < 4.78 is 5.10. The van der Waals surface area contributed by atoms with Crippen LogP contribution >= 0.6 is 0 Å². The minimum atomic E-state index is -0.302. The van der Waals surface area contributed by atoms with Gasteiger partial charge in [0.1, 0.15) is 6.61 Å². The summed E-state index contributed by atoms with van der Waals surface area (Å²) in [5.41, 5.74) is 2.89.